The van der Waals surface area contributed by atoms with Gasteiger partial charge in [0.25, 0.3) is 0 Å². The van der Waals surface area contributed by atoms with Crippen molar-refractivity contribution in [2.75, 3.05) is 0 Å². The number of thioether (sulfide) groups is 1. The fraction of sp³-hybridized carbons (Fsp3) is 0.923. The molecule has 0 spiro atoms. The molecule has 4 aliphatic rings. The van der Waals surface area contributed by atoms with Crippen LogP contribution in [0.3, 0.4) is 0 Å². The van der Waals surface area contributed by atoms with Crippen LogP contribution in [0.2, 0.25) is 0 Å². The SMILES string of the molecule is CCn1nnnc1SC12CC3CC(CC(C3)C1)C2. The first-order chi connectivity index (χ1) is 8.76. The molecule has 1 aromatic heterocycles. The zero-order chi connectivity index (χ0) is 12.2. The molecule has 5 heteroatoms. The third kappa shape index (κ3) is 1.70. The lowest BCUT2D eigenvalue weighted by Gasteiger charge is -2.56. The van der Waals surface area contributed by atoms with E-state index in [1.807, 2.05) is 16.4 Å². The van der Waals surface area contributed by atoms with Crippen molar-refractivity contribution in [1.29, 1.82) is 0 Å². The number of aryl methyl sites for hydroxylation is 1. The molecule has 0 atom stereocenters. The van der Waals surface area contributed by atoms with Crippen molar-refractivity contribution < 1.29 is 0 Å². The van der Waals surface area contributed by atoms with Gasteiger partial charge in [-0.25, -0.2) is 4.68 Å². The molecule has 98 valence electrons. The zero-order valence-corrected chi connectivity index (χ0v) is 11.7. The molecule has 0 aromatic carbocycles. The van der Waals surface area contributed by atoms with Crippen molar-refractivity contribution >= 4 is 11.8 Å². The lowest BCUT2D eigenvalue weighted by atomic mass is 9.56. The van der Waals surface area contributed by atoms with E-state index in [-0.39, 0.29) is 0 Å². The summed E-state index contributed by atoms with van der Waals surface area (Å²) >= 11 is 1.99. The second-order valence-electron chi connectivity index (χ2n) is 6.48. The molecule has 0 N–H and O–H groups in total. The van der Waals surface area contributed by atoms with Crippen molar-refractivity contribution in [2.24, 2.45) is 17.8 Å². The van der Waals surface area contributed by atoms with Gasteiger partial charge in [0.1, 0.15) is 0 Å². The molecule has 4 aliphatic carbocycles. The average molecular weight is 264 g/mol. The van der Waals surface area contributed by atoms with Crippen LogP contribution in [0.1, 0.15) is 45.4 Å². The summed E-state index contributed by atoms with van der Waals surface area (Å²) in [4.78, 5) is 0. The highest BCUT2D eigenvalue weighted by atomic mass is 32.2. The molecule has 0 saturated heterocycles. The molecule has 5 rings (SSSR count). The Labute approximate surface area is 112 Å². The smallest absolute Gasteiger partial charge is 0.209 e. The maximum atomic E-state index is 4.23. The Morgan fingerprint density at radius 2 is 1.78 bits per heavy atom. The number of tetrazole rings is 1. The van der Waals surface area contributed by atoms with Crippen LogP contribution in [0.4, 0.5) is 0 Å². The molecule has 18 heavy (non-hydrogen) atoms. The van der Waals surface area contributed by atoms with Crippen molar-refractivity contribution in [3.8, 4) is 0 Å². The Morgan fingerprint density at radius 1 is 1.17 bits per heavy atom. The van der Waals surface area contributed by atoms with E-state index in [2.05, 4.69) is 22.4 Å². The molecular formula is C13H20N4S. The third-order valence-corrected chi connectivity index (χ3v) is 6.50. The van der Waals surface area contributed by atoms with Gasteiger partial charge in [-0.1, -0.05) is 11.8 Å². The summed E-state index contributed by atoms with van der Waals surface area (Å²) in [6, 6.07) is 0. The van der Waals surface area contributed by atoms with E-state index in [9.17, 15) is 0 Å². The molecule has 4 saturated carbocycles. The van der Waals surface area contributed by atoms with Crippen LogP contribution in [0.15, 0.2) is 5.16 Å². The lowest BCUT2D eigenvalue weighted by Crippen LogP contribution is -2.48. The number of rotatable bonds is 3. The minimum Gasteiger partial charge on any atom is -0.221 e. The average Bonchev–Trinajstić information content (AvgIpc) is 2.73. The van der Waals surface area contributed by atoms with Gasteiger partial charge in [0.15, 0.2) is 0 Å². The van der Waals surface area contributed by atoms with Crippen molar-refractivity contribution in [3.63, 3.8) is 0 Å². The summed E-state index contributed by atoms with van der Waals surface area (Å²) in [7, 11) is 0. The van der Waals surface area contributed by atoms with Gasteiger partial charge in [-0.15, -0.1) is 5.10 Å². The van der Waals surface area contributed by atoms with Gasteiger partial charge in [-0.05, 0) is 73.6 Å². The van der Waals surface area contributed by atoms with E-state index in [4.69, 9.17) is 0 Å². The number of aromatic nitrogens is 4. The highest BCUT2D eigenvalue weighted by molar-refractivity contribution is 8.00. The molecule has 4 nitrogen and oxygen atoms in total. The van der Waals surface area contributed by atoms with Crippen LogP contribution >= 0.6 is 11.8 Å². The molecule has 0 unspecified atom stereocenters. The fourth-order valence-corrected chi connectivity index (χ4v) is 6.51. The third-order valence-electron chi connectivity index (χ3n) is 5.09. The molecule has 1 aromatic rings. The Kier molecular flexibility index (Phi) is 2.47. The summed E-state index contributed by atoms with van der Waals surface area (Å²) in [6.45, 7) is 2.99. The zero-order valence-electron chi connectivity index (χ0n) is 10.9. The molecule has 1 heterocycles. The van der Waals surface area contributed by atoms with E-state index < -0.39 is 0 Å². The second-order valence-corrected chi connectivity index (χ2v) is 7.92. The molecule has 0 radical (unpaired) electrons. The quantitative estimate of drug-likeness (QED) is 0.842. The van der Waals surface area contributed by atoms with E-state index >= 15 is 0 Å². The standard InChI is InChI=1S/C13H20N4S/c1-2-17-12(14-15-16-17)18-13-6-9-3-10(7-13)5-11(4-9)8-13/h9-11H,2-8H2,1H3. The molecule has 0 aliphatic heterocycles. The first-order valence-electron chi connectivity index (χ1n) is 7.21. The molecule has 4 fully saturated rings. The highest BCUT2D eigenvalue weighted by Gasteiger charge is 2.52. The fourth-order valence-electron chi connectivity index (χ4n) is 4.82. The maximum Gasteiger partial charge on any atom is 0.209 e. The molecular weight excluding hydrogens is 244 g/mol. The summed E-state index contributed by atoms with van der Waals surface area (Å²) in [5, 5.41) is 13.2. The van der Waals surface area contributed by atoms with E-state index in [0.717, 1.165) is 29.5 Å². The molecule has 0 amide bonds. The van der Waals surface area contributed by atoms with Crippen LogP contribution in [0.5, 0.6) is 0 Å². The van der Waals surface area contributed by atoms with Gasteiger partial charge >= 0.3 is 0 Å². The highest BCUT2D eigenvalue weighted by Crippen LogP contribution is 2.61. The van der Waals surface area contributed by atoms with Crippen LogP contribution < -0.4 is 0 Å². The Balaban J connectivity index is 1.61. The first-order valence-corrected chi connectivity index (χ1v) is 8.03. The van der Waals surface area contributed by atoms with E-state index in [0.29, 0.717) is 4.75 Å². The van der Waals surface area contributed by atoms with Gasteiger partial charge in [-0.3, -0.25) is 0 Å². The van der Waals surface area contributed by atoms with Gasteiger partial charge < -0.3 is 0 Å². The first kappa shape index (κ1) is 11.3. The normalized spacial score (nSPS) is 41.5. The predicted octanol–water partition coefficient (Wildman–Crippen LogP) is 2.75. The topological polar surface area (TPSA) is 43.6 Å². The van der Waals surface area contributed by atoms with Crippen LogP contribution in [-0.2, 0) is 6.54 Å². The second kappa shape index (κ2) is 3.95. The number of hydrogen-bond acceptors (Lipinski definition) is 4. The molecule has 4 bridgehead atoms. The Hall–Kier alpha value is -0.580. The largest absolute Gasteiger partial charge is 0.221 e. The Bertz CT molecular complexity index is 420. The summed E-state index contributed by atoms with van der Waals surface area (Å²) in [5.74, 6) is 2.99. The minimum absolute atomic E-state index is 0.469. The van der Waals surface area contributed by atoms with Crippen LogP contribution in [0, 0.1) is 17.8 Å². The summed E-state index contributed by atoms with van der Waals surface area (Å²) in [6.07, 6.45) is 8.70. The minimum atomic E-state index is 0.469. The summed E-state index contributed by atoms with van der Waals surface area (Å²) in [5.41, 5.74) is 0. The van der Waals surface area contributed by atoms with Gasteiger partial charge in [0.05, 0.1) is 0 Å². The van der Waals surface area contributed by atoms with Gasteiger partial charge in [0, 0.05) is 11.3 Å². The number of nitrogens with zero attached hydrogens (tertiary/aromatic N) is 4. The van der Waals surface area contributed by atoms with Crippen molar-refractivity contribution in [1.82, 2.24) is 20.2 Å². The monoisotopic (exact) mass is 264 g/mol. The van der Waals surface area contributed by atoms with E-state index in [1.165, 1.54) is 38.5 Å². The lowest BCUT2D eigenvalue weighted by molar-refractivity contribution is 0.0381. The predicted molar refractivity (Wildman–Crippen MR) is 70.3 cm³/mol. The van der Waals surface area contributed by atoms with E-state index in [1.54, 1.807) is 0 Å². The van der Waals surface area contributed by atoms with Gasteiger partial charge in [-0.2, -0.15) is 0 Å². The van der Waals surface area contributed by atoms with Crippen molar-refractivity contribution in [2.45, 2.75) is 61.9 Å². The van der Waals surface area contributed by atoms with Crippen molar-refractivity contribution in [3.05, 3.63) is 0 Å². The van der Waals surface area contributed by atoms with Gasteiger partial charge in [0.2, 0.25) is 5.16 Å². The van der Waals surface area contributed by atoms with Crippen LogP contribution in [0.25, 0.3) is 0 Å². The summed E-state index contributed by atoms with van der Waals surface area (Å²) < 4.78 is 2.42. The maximum absolute atomic E-state index is 4.23. The van der Waals surface area contributed by atoms with Crippen LogP contribution in [-0.4, -0.2) is 25.0 Å². The Morgan fingerprint density at radius 3 is 2.33 bits per heavy atom. The number of hydrogen-bond donors (Lipinski definition) is 0.